The Kier molecular flexibility index (Phi) is 4.77. The van der Waals surface area contributed by atoms with Gasteiger partial charge in [-0.05, 0) is 25.5 Å². The van der Waals surface area contributed by atoms with E-state index in [2.05, 4.69) is 10.4 Å². The second kappa shape index (κ2) is 6.39. The summed E-state index contributed by atoms with van der Waals surface area (Å²) in [6.07, 6.45) is 0.679. The van der Waals surface area contributed by atoms with Gasteiger partial charge >= 0.3 is 0 Å². The number of nitrogens with one attached hydrogen (secondary N) is 1. The Morgan fingerprint density at radius 3 is 2.52 bits per heavy atom. The van der Waals surface area contributed by atoms with Crippen LogP contribution in [0, 0.1) is 17.5 Å². The molecule has 0 aliphatic heterocycles. The molecular formula is C14H15ClF3N3. The predicted molar refractivity (Wildman–Crippen MR) is 75.9 cm³/mol. The monoisotopic (exact) mass is 317 g/mol. The van der Waals surface area contributed by atoms with Gasteiger partial charge < -0.3 is 5.32 Å². The second-order valence-electron chi connectivity index (χ2n) is 4.45. The minimum Gasteiger partial charge on any atom is -0.377 e. The van der Waals surface area contributed by atoms with Crippen LogP contribution in [0.15, 0.2) is 12.1 Å². The molecule has 2 aromatic rings. The molecule has 0 saturated heterocycles. The molecule has 2 rings (SSSR count). The van der Waals surface area contributed by atoms with Gasteiger partial charge in [0.25, 0.3) is 0 Å². The van der Waals surface area contributed by atoms with Crippen LogP contribution < -0.4 is 5.32 Å². The molecule has 0 spiro atoms. The maximum atomic E-state index is 13.6. The molecule has 1 aromatic heterocycles. The zero-order chi connectivity index (χ0) is 15.6. The Labute approximate surface area is 125 Å². The fourth-order valence-electron chi connectivity index (χ4n) is 2.03. The van der Waals surface area contributed by atoms with E-state index in [1.807, 2.05) is 13.8 Å². The van der Waals surface area contributed by atoms with Gasteiger partial charge in [-0.2, -0.15) is 5.10 Å². The number of aromatic nitrogens is 2. The Balaban J connectivity index is 2.24. The SMILES string of the molecule is CCc1nn(CC)c(CNc2ccc(F)c(F)c2F)c1Cl. The van der Waals surface area contributed by atoms with Gasteiger partial charge in [0.2, 0.25) is 0 Å². The van der Waals surface area contributed by atoms with Crippen LogP contribution in [0.1, 0.15) is 25.2 Å². The average molecular weight is 318 g/mol. The number of rotatable bonds is 5. The predicted octanol–water partition coefficient (Wildman–Crippen LogP) is 4.15. The quantitative estimate of drug-likeness (QED) is 0.840. The molecule has 0 fully saturated rings. The number of nitrogens with zero attached hydrogens (tertiary/aromatic N) is 2. The van der Waals surface area contributed by atoms with Crippen LogP contribution in [0.2, 0.25) is 5.02 Å². The van der Waals surface area contributed by atoms with Gasteiger partial charge in [-0.3, -0.25) is 4.68 Å². The molecule has 0 atom stereocenters. The van der Waals surface area contributed by atoms with Crippen LogP contribution in [0.4, 0.5) is 18.9 Å². The molecular weight excluding hydrogens is 303 g/mol. The van der Waals surface area contributed by atoms with Crippen molar-refractivity contribution in [3.05, 3.63) is 46.0 Å². The summed E-state index contributed by atoms with van der Waals surface area (Å²) < 4.78 is 41.3. The molecule has 0 amide bonds. The van der Waals surface area contributed by atoms with Crippen LogP contribution in [0.5, 0.6) is 0 Å². The Morgan fingerprint density at radius 2 is 1.90 bits per heavy atom. The van der Waals surface area contributed by atoms with Gasteiger partial charge in [-0.25, -0.2) is 13.2 Å². The van der Waals surface area contributed by atoms with E-state index < -0.39 is 17.5 Å². The van der Waals surface area contributed by atoms with Gasteiger partial charge in [0.15, 0.2) is 17.5 Å². The Hall–Kier alpha value is -1.69. The first-order valence-electron chi connectivity index (χ1n) is 6.60. The maximum absolute atomic E-state index is 13.6. The molecule has 0 aliphatic carbocycles. The molecule has 1 heterocycles. The highest BCUT2D eigenvalue weighted by Crippen LogP contribution is 2.24. The fourth-order valence-corrected chi connectivity index (χ4v) is 2.36. The molecule has 0 saturated carbocycles. The lowest BCUT2D eigenvalue weighted by molar-refractivity contribution is 0.449. The Bertz CT molecular complexity index is 655. The van der Waals surface area contributed by atoms with Gasteiger partial charge in [0.05, 0.1) is 28.6 Å². The van der Waals surface area contributed by atoms with E-state index in [0.29, 0.717) is 23.7 Å². The highest BCUT2D eigenvalue weighted by atomic mass is 35.5. The van der Waals surface area contributed by atoms with Crippen molar-refractivity contribution >= 4 is 17.3 Å². The van der Waals surface area contributed by atoms with Crippen molar-refractivity contribution in [3.8, 4) is 0 Å². The topological polar surface area (TPSA) is 29.9 Å². The van der Waals surface area contributed by atoms with Crippen LogP contribution in [-0.2, 0) is 19.5 Å². The second-order valence-corrected chi connectivity index (χ2v) is 4.83. The van der Waals surface area contributed by atoms with Gasteiger partial charge in [0, 0.05) is 6.54 Å². The normalized spacial score (nSPS) is 11.0. The first-order valence-corrected chi connectivity index (χ1v) is 6.98. The first kappa shape index (κ1) is 15.7. The first-order chi connectivity index (χ1) is 9.99. The van der Waals surface area contributed by atoms with Crippen LogP contribution in [0.25, 0.3) is 0 Å². The summed E-state index contributed by atoms with van der Waals surface area (Å²) in [6.45, 7) is 4.61. The number of aryl methyl sites for hydroxylation is 2. The number of hydrogen-bond donors (Lipinski definition) is 1. The summed E-state index contributed by atoms with van der Waals surface area (Å²) in [5, 5.41) is 7.56. The molecule has 0 aliphatic rings. The van der Waals surface area contributed by atoms with E-state index in [4.69, 9.17) is 11.6 Å². The molecule has 1 N–H and O–H groups in total. The van der Waals surface area contributed by atoms with E-state index in [0.717, 1.165) is 17.8 Å². The summed E-state index contributed by atoms with van der Waals surface area (Å²) in [4.78, 5) is 0. The van der Waals surface area contributed by atoms with E-state index >= 15 is 0 Å². The Morgan fingerprint density at radius 1 is 1.19 bits per heavy atom. The maximum Gasteiger partial charge on any atom is 0.196 e. The number of benzene rings is 1. The molecule has 1 aromatic carbocycles. The third kappa shape index (κ3) is 3.00. The molecule has 7 heteroatoms. The average Bonchev–Trinajstić information content (AvgIpc) is 2.80. The van der Waals surface area contributed by atoms with Crippen LogP contribution >= 0.6 is 11.6 Å². The van der Waals surface area contributed by atoms with Crippen molar-refractivity contribution in [2.75, 3.05) is 5.32 Å². The zero-order valence-corrected chi connectivity index (χ0v) is 12.4. The summed E-state index contributed by atoms with van der Waals surface area (Å²) in [5.41, 5.74) is 1.31. The third-order valence-corrected chi connectivity index (χ3v) is 3.61. The van der Waals surface area contributed by atoms with Crippen molar-refractivity contribution < 1.29 is 13.2 Å². The van der Waals surface area contributed by atoms with Crippen molar-refractivity contribution in [2.45, 2.75) is 33.4 Å². The van der Waals surface area contributed by atoms with Gasteiger partial charge in [-0.15, -0.1) is 0 Å². The molecule has 114 valence electrons. The smallest absolute Gasteiger partial charge is 0.196 e. The summed E-state index contributed by atoms with van der Waals surface area (Å²) in [7, 11) is 0. The molecule has 0 bridgehead atoms. The van der Waals surface area contributed by atoms with E-state index in [9.17, 15) is 13.2 Å². The lowest BCUT2D eigenvalue weighted by Gasteiger charge is -2.10. The highest BCUT2D eigenvalue weighted by Gasteiger charge is 2.16. The number of anilines is 1. The molecule has 0 unspecified atom stereocenters. The zero-order valence-electron chi connectivity index (χ0n) is 11.7. The number of hydrogen-bond acceptors (Lipinski definition) is 2. The fraction of sp³-hybridized carbons (Fsp3) is 0.357. The third-order valence-electron chi connectivity index (χ3n) is 3.18. The molecule has 3 nitrogen and oxygen atoms in total. The standard InChI is InChI=1S/C14H15ClF3N3/c1-3-9-12(15)11(21(4-2)20-9)7-19-10-6-5-8(16)13(17)14(10)18/h5-6,19H,3-4,7H2,1-2H3. The van der Waals surface area contributed by atoms with Gasteiger partial charge in [-0.1, -0.05) is 18.5 Å². The van der Waals surface area contributed by atoms with Crippen molar-refractivity contribution in [2.24, 2.45) is 0 Å². The van der Waals surface area contributed by atoms with Crippen molar-refractivity contribution in [1.29, 1.82) is 0 Å². The van der Waals surface area contributed by atoms with Crippen molar-refractivity contribution in [3.63, 3.8) is 0 Å². The van der Waals surface area contributed by atoms with E-state index in [-0.39, 0.29) is 12.2 Å². The highest BCUT2D eigenvalue weighted by molar-refractivity contribution is 6.31. The van der Waals surface area contributed by atoms with Crippen molar-refractivity contribution in [1.82, 2.24) is 9.78 Å². The lowest BCUT2D eigenvalue weighted by atomic mass is 10.2. The summed E-state index contributed by atoms with van der Waals surface area (Å²) in [6, 6.07) is 2.02. The largest absolute Gasteiger partial charge is 0.377 e. The number of halogens is 4. The summed E-state index contributed by atoms with van der Waals surface area (Å²) >= 11 is 6.22. The summed E-state index contributed by atoms with van der Waals surface area (Å²) in [5.74, 6) is -3.96. The van der Waals surface area contributed by atoms with E-state index in [1.165, 1.54) is 0 Å². The van der Waals surface area contributed by atoms with Crippen LogP contribution in [-0.4, -0.2) is 9.78 Å². The minimum absolute atomic E-state index is 0.119. The van der Waals surface area contributed by atoms with E-state index in [1.54, 1.807) is 4.68 Å². The van der Waals surface area contributed by atoms with Crippen LogP contribution in [0.3, 0.4) is 0 Å². The molecule has 0 radical (unpaired) electrons. The molecule has 21 heavy (non-hydrogen) atoms. The lowest BCUT2D eigenvalue weighted by Crippen LogP contribution is -2.10. The minimum atomic E-state index is -1.50. The van der Waals surface area contributed by atoms with Gasteiger partial charge in [0.1, 0.15) is 0 Å².